The maximum atomic E-state index is 12.8. The van der Waals surface area contributed by atoms with E-state index in [0.717, 1.165) is 38.8 Å². The minimum absolute atomic E-state index is 0.0507. The van der Waals surface area contributed by atoms with Crippen LogP contribution < -0.4 is 5.73 Å². The van der Waals surface area contributed by atoms with Gasteiger partial charge < -0.3 is 15.5 Å². The van der Waals surface area contributed by atoms with Gasteiger partial charge >= 0.3 is 0 Å². The Morgan fingerprint density at radius 1 is 1.40 bits per heavy atom. The van der Waals surface area contributed by atoms with Crippen molar-refractivity contribution in [2.24, 2.45) is 11.1 Å². The number of amides is 1. The number of carbonyl (C=O) groups is 1. The van der Waals surface area contributed by atoms with Crippen molar-refractivity contribution in [2.45, 2.75) is 49.7 Å². The van der Waals surface area contributed by atoms with E-state index in [2.05, 4.69) is 23.3 Å². The smallest absolute Gasteiger partial charge is 0.229 e. The molecule has 2 aliphatic carbocycles. The highest BCUT2D eigenvalue weighted by Gasteiger charge is 2.90. The number of hydrogen-bond donors (Lipinski definition) is 2. The monoisotopic (exact) mass is 274 g/mol. The Morgan fingerprint density at radius 3 is 2.55 bits per heavy atom. The summed E-state index contributed by atoms with van der Waals surface area (Å²) in [5.74, 6) is 0.794. The van der Waals surface area contributed by atoms with Crippen LogP contribution >= 0.6 is 0 Å². The first-order chi connectivity index (χ1) is 9.38. The number of nitrogens with one attached hydrogen (secondary N) is 1. The average Bonchev–Trinajstić information content (AvgIpc) is 2.80. The van der Waals surface area contributed by atoms with Crippen molar-refractivity contribution in [3.05, 3.63) is 12.7 Å². The number of likely N-dealkylation sites (tertiary alicyclic amines) is 2. The van der Waals surface area contributed by atoms with Gasteiger partial charge in [-0.25, -0.2) is 0 Å². The van der Waals surface area contributed by atoms with E-state index in [9.17, 15) is 4.79 Å². The lowest BCUT2D eigenvalue weighted by molar-refractivity contribution is -0.166. The molecule has 4 rings (SSSR count). The predicted octanol–water partition coefficient (Wildman–Crippen LogP) is 0.706. The molecule has 5 heteroatoms. The fourth-order valence-corrected chi connectivity index (χ4v) is 4.85. The summed E-state index contributed by atoms with van der Waals surface area (Å²) in [6, 6.07) is 0.179. The van der Waals surface area contributed by atoms with Gasteiger partial charge in [-0.1, -0.05) is 13.5 Å². The fourth-order valence-electron chi connectivity index (χ4n) is 4.85. The normalized spacial score (nSPS) is 47.8. The zero-order valence-corrected chi connectivity index (χ0v) is 12.0. The highest BCUT2D eigenvalue weighted by molar-refractivity contribution is 5.95. The fraction of sp³-hybridized carbons (Fsp3) is 0.733. The standard InChI is InChI=1S/C15H22N4O/c1-3-11(17)18-8-15-7-14(15,18)9-19(15)12(20)13(2)5-4-10(16)6-13/h3,10,17H,1,4-9,16H2,2H3/t10-,13+,14?,15-/m1/s1. The Kier molecular flexibility index (Phi) is 2.03. The van der Waals surface area contributed by atoms with Crippen LogP contribution in [0.5, 0.6) is 0 Å². The second-order valence-corrected chi connectivity index (χ2v) is 7.37. The topological polar surface area (TPSA) is 73.4 Å². The molecule has 2 saturated carbocycles. The SMILES string of the molecule is C=CC(=N)N1C[C@]23CC12CN3C(=O)[C@@]1(C)CC[C@@H](N)C1. The minimum atomic E-state index is -0.255. The summed E-state index contributed by atoms with van der Waals surface area (Å²) in [5, 5.41) is 7.89. The first-order valence-corrected chi connectivity index (χ1v) is 7.45. The Labute approximate surface area is 119 Å². The maximum Gasteiger partial charge on any atom is 0.229 e. The van der Waals surface area contributed by atoms with E-state index in [1.165, 1.54) is 0 Å². The Bertz CT molecular complexity index is 546. The molecule has 5 nitrogen and oxygen atoms in total. The number of nitrogens with zero attached hydrogens (tertiary/aromatic N) is 2. The molecule has 1 unspecified atom stereocenters. The van der Waals surface area contributed by atoms with Crippen LogP contribution in [0.15, 0.2) is 12.7 Å². The summed E-state index contributed by atoms with van der Waals surface area (Å²) in [6.07, 6.45) is 5.32. The van der Waals surface area contributed by atoms with E-state index in [4.69, 9.17) is 11.1 Å². The molecule has 4 aliphatic rings. The molecule has 108 valence electrons. The predicted molar refractivity (Wildman–Crippen MR) is 76.4 cm³/mol. The molecule has 2 heterocycles. The van der Waals surface area contributed by atoms with Gasteiger partial charge in [0.2, 0.25) is 5.91 Å². The second-order valence-electron chi connectivity index (χ2n) is 7.37. The van der Waals surface area contributed by atoms with Crippen molar-refractivity contribution in [1.82, 2.24) is 9.80 Å². The molecule has 2 aliphatic heterocycles. The molecule has 0 spiro atoms. The van der Waals surface area contributed by atoms with Crippen molar-refractivity contribution in [3.63, 3.8) is 0 Å². The van der Waals surface area contributed by atoms with Gasteiger partial charge in [0.25, 0.3) is 0 Å². The van der Waals surface area contributed by atoms with E-state index >= 15 is 0 Å². The molecule has 0 bridgehead atoms. The summed E-state index contributed by atoms with van der Waals surface area (Å²) in [7, 11) is 0. The summed E-state index contributed by atoms with van der Waals surface area (Å²) >= 11 is 0. The van der Waals surface area contributed by atoms with Crippen LogP contribution in [0.2, 0.25) is 0 Å². The molecule has 0 aromatic rings. The first kappa shape index (κ1) is 12.4. The zero-order chi connectivity index (χ0) is 14.3. The van der Waals surface area contributed by atoms with Crippen LogP contribution in [-0.4, -0.2) is 51.8 Å². The van der Waals surface area contributed by atoms with Crippen molar-refractivity contribution < 1.29 is 4.79 Å². The minimum Gasteiger partial charge on any atom is -0.345 e. The molecule has 0 aromatic carbocycles. The summed E-state index contributed by atoms with van der Waals surface area (Å²) in [4.78, 5) is 17.0. The highest BCUT2D eigenvalue weighted by Crippen LogP contribution is 2.72. The summed E-state index contributed by atoms with van der Waals surface area (Å²) < 4.78 is 0. The zero-order valence-electron chi connectivity index (χ0n) is 12.0. The van der Waals surface area contributed by atoms with E-state index in [1.54, 1.807) is 6.08 Å². The van der Waals surface area contributed by atoms with Crippen LogP contribution in [0.1, 0.15) is 32.6 Å². The van der Waals surface area contributed by atoms with Crippen LogP contribution in [-0.2, 0) is 4.79 Å². The summed E-state index contributed by atoms with van der Waals surface area (Å²) in [6.45, 7) is 7.34. The Hall–Kier alpha value is -1.36. The molecule has 0 radical (unpaired) electrons. The number of amidine groups is 1. The number of hydrogen-bond acceptors (Lipinski definition) is 3. The Morgan fingerprint density at radius 2 is 2.05 bits per heavy atom. The highest BCUT2D eigenvalue weighted by atomic mass is 16.2. The first-order valence-electron chi connectivity index (χ1n) is 7.45. The van der Waals surface area contributed by atoms with Gasteiger partial charge in [-0.3, -0.25) is 10.2 Å². The summed E-state index contributed by atoms with van der Waals surface area (Å²) in [5.41, 5.74) is 5.87. The largest absolute Gasteiger partial charge is 0.345 e. The third-order valence-electron chi connectivity index (χ3n) is 6.22. The van der Waals surface area contributed by atoms with E-state index in [0.29, 0.717) is 11.7 Å². The van der Waals surface area contributed by atoms with Crippen molar-refractivity contribution in [1.29, 1.82) is 5.41 Å². The number of carbonyl (C=O) groups excluding carboxylic acids is 1. The van der Waals surface area contributed by atoms with Gasteiger partial charge in [-0.15, -0.1) is 0 Å². The van der Waals surface area contributed by atoms with Gasteiger partial charge in [-0.2, -0.15) is 0 Å². The molecular formula is C15H22N4O. The molecule has 0 aromatic heterocycles. The van der Waals surface area contributed by atoms with E-state index in [-0.39, 0.29) is 22.5 Å². The van der Waals surface area contributed by atoms with Crippen molar-refractivity contribution >= 4 is 11.7 Å². The van der Waals surface area contributed by atoms with Crippen LogP contribution in [0.4, 0.5) is 0 Å². The van der Waals surface area contributed by atoms with Crippen molar-refractivity contribution in [3.8, 4) is 0 Å². The third kappa shape index (κ3) is 1.11. The molecule has 2 saturated heterocycles. The maximum absolute atomic E-state index is 12.8. The molecular weight excluding hydrogens is 252 g/mol. The number of piperazine rings is 1. The molecule has 4 atom stereocenters. The molecule has 3 N–H and O–H groups in total. The van der Waals surface area contributed by atoms with E-state index < -0.39 is 0 Å². The molecule has 4 fully saturated rings. The van der Waals surface area contributed by atoms with Crippen molar-refractivity contribution in [2.75, 3.05) is 13.1 Å². The third-order valence-corrected chi connectivity index (χ3v) is 6.22. The second kappa shape index (κ2) is 3.27. The quantitative estimate of drug-likeness (QED) is 0.575. The van der Waals surface area contributed by atoms with Crippen LogP contribution in [0, 0.1) is 10.8 Å². The number of rotatable bonds is 2. The van der Waals surface area contributed by atoms with Gasteiger partial charge in [0, 0.05) is 31.0 Å². The lowest BCUT2D eigenvalue weighted by Crippen LogP contribution is -2.81. The van der Waals surface area contributed by atoms with Gasteiger partial charge in [-0.05, 0) is 25.3 Å². The van der Waals surface area contributed by atoms with E-state index in [1.807, 2.05) is 0 Å². The van der Waals surface area contributed by atoms with Gasteiger partial charge in [0.15, 0.2) is 0 Å². The Balaban J connectivity index is 1.49. The molecule has 20 heavy (non-hydrogen) atoms. The van der Waals surface area contributed by atoms with Gasteiger partial charge in [0.1, 0.15) is 5.84 Å². The van der Waals surface area contributed by atoms with Gasteiger partial charge in [0.05, 0.1) is 11.1 Å². The van der Waals surface area contributed by atoms with Crippen LogP contribution in [0.25, 0.3) is 0 Å². The van der Waals surface area contributed by atoms with Crippen LogP contribution in [0.3, 0.4) is 0 Å². The average molecular weight is 274 g/mol. The molecule has 1 amide bonds. The lowest BCUT2D eigenvalue weighted by Gasteiger charge is -2.62. The lowest BCUT2D eigenvalue weighted by atomic mass is 9.79. The number of nitrogens with two attached hydrogens (primary N) is 1.